The third kappa shape index (κ3) is 1.46. The van der Waals surface area contributed by atoms with Gasteiger partial charge in [-0.05, 0) is 35.6 Å². The number of halogens is 1. The molecular weight excluding hydrogens is 279 g/mol. The van der Waals surface area contributed by atoms with Gasteiger partial charge in [0, 0.05) is 15.2 Å². The van der Waals surface area contributed by atoms with Gasteiger partial charge in [-0.1, -0.05) is 0 Å². The van der Waals surface area contributed by atoms with E-state index < -0.39 is 0 Å². The molecular formula is C9H7IN2O. The molecule has 0 radical (unpaired) electrons. The van der Waals surface area contributed by atoms with Crippen LogP contribution in [0.2, 0.25) is 0 Å². The minimum atomic E-state index is 0.225. The van der Waals surface area contributed by atoms with Gasteiger partial charge in [0.15, 0.2) is 0 Å². The van der Waals surface area contributed by atoms with Crippen LogP contribution in [-0.2, 0) is 0 Å². The molecule has 2 aromatic rings. The Kier molecular flexibility index (Phi) is 2.07. The third-order valence-electron chi connectivity index (χ3n) is 1.86. The van der Waals surface area contributed by atoms with E-state index in [1.807, 2.05) is 6.07 Å². The van der Waals surface area contributed by atoms with Gasteiger partial charge in [0.2, 0.25) is 0 Å². The van der Waals surface area contributed by atoms with Gasteiger partial charge >= 0.3 is 0 Å². The molecule has 13 heavy (non-hydrogen) atoms. The Morgan fingerprint density at radius 1 is 1.31 bits per heavy atom. The van der Waals surface area contributed by atoms with E-state index >= 15 is 0 Å². The Balaban J connectivity index is 2.89. The van der Waals surface area contributed by atoms with Gasteiger partial charge in [-0.15, -0.1) is 0 Å². The average Bonchev–Trinajstić information content (AvgIpc) is 2.12. The van der Waals surface area contributed by atoms with Gasteiger partial charge in [-0.2, -0.15) is 0 Å². The number of aryl methyl sites for hydroxylation is 1. The quantitative estimate of drug-likeness (QED) is 0.755. The van der Waals surface area contributed by atoms with Crippen molar-refractivity contribution in [2.75, 3.05) is 0 Å². The Morgan fingerprint density at radius 3 is 2.85 bits per heavy atom. The van der Waals surface area contributed by atoms with Crippen molar-refractivity contribution < 1.29 is 5.11 Å². The molecule has 0 saturated carbocycles. The van der Waals surface area contributed by atoms with Crippen LogP contribution in [0.3, 0.4) is 0 Å². The molecule has 0 aliphatic heterocycles. The highest BCUT2D eigenvalue weighted by Gasteiger charge is 2.04. The summed E-state index contributed by atoms with van der Waals surface area (Å²) in [6.45, 7) is 1.77. The summed E-state index contributed by atoms with van der Waals surface area (Å²) < 4.78 is 1.01. The first-order chi connectivity index (χ1) is 6.18. The molecule has 0 atom stereocenters. The summed E-state index contributed by atoms with van der Waals surface area (Å²) in [6.07, 6.45) is 3.42. The zero-order chi connectivity index (χ0) is 9.42. The summed E-state index contributed by atoms with van der Waals surface area (Å²) in [5.74, 6) is 0.225. The lowest BCUT2D eigenvalue weighted by Crippen LogP contribution is -1.87. The zero-order valence-corrected chi connectivity index (χ0v) is 9.11. The lowest BCUT2D eigenvalue weighted by atomic mass is 10.2. The highest BCUT2D eigenvalue weighted by Crippen LogP contribution is 2.25. The smallest absolute Gasteiger partial charge is 0.146 e. The first-order valence-corrected chi connectivity index (χ1v) is 4.86. The SMILES string of the molecule is Cc1ncc2ncc(I)cc2c1O. The van der Waals surface area contributed by atoms with Crippen LogP contribution in [-0.4, -0.2) is 15.1 Å². The number of fused-ring (bicyclic) bond motifs is 1. The highest BCUT2D eigenvalue weighted by molar-refractivity contribution is 14.1. The number of aromatic hydroxyl groups is 1. The van der Waals surface area contributed by atoms with Crippen molar-refractivity contribution in [1.82, 2.24) is 9.97 Å². The Bertz CT molecular complexity index is 465. The fourth-order valence-corrected chi connectivity index (χ4v) is 1.61. The molecule has 0 aromatic carbocycles. The Hall–Kier alpha value is -0.910. The Morgan fingerprint density at radius 2 is 2.08 bits per heavy atom. The summed E-state index contributed by atoms with van der Waals surface area (Å²) in [4.78, 5) is 8.17. The second-order valence-corrected chi connectivity index (χ2v) is 4.02. The van der Waals surface area contributed by atoms with Crippen LogP contribution in [0.1, 0.15) is 5.69 Å². The van der Waals surface area contributed by atoms with Crippen molar-refractivity contribution in [3.8, 4) is 5.75 Å². The average molecular weight is 286 g/mol. The van der Waals surface area contributed by atoms with E-state index in [0.29, 0.717) is 5.69 Å². The molecule has 0 spiro atoms. The highest BCUT2D eigenvalue weighted by atomic mass is 127. The van der Waals surface area contributed by atoms with Crippen molar-refractivity contribution in [3.05, 3.63) is 27.7 Å². The molecule has 0 fully saturated rings. The van der Waals surface area contributed by atoms with Crippen LogP contribution in [0.4, 0.5) is 0 Å². The van der Waals surface area contributed by atoms with Gasteiger partial charge in [0.1, 0.15) is 5.75 Å². The molecule has 4 heteroatoms. The van der Waals surface area contributed by atoms with Crippen molar-refractivity contribution in [2.45, 2.75) is 6.92 Å². The largest absolute Gasteiger partial charge is 0.505 e. The number of nitrogens with zero attached hydrogens (tertiary/aromatic N) is 2. The lowest BCUT2D eigenvalue weighted by Gasteiger charge is -2.02. The van der Waals surface area contributed by atoms with Crippen LogP contribution in [0.25, 0.3) is 10.9 Å². The maximum absolute atomic E-state index is 9.68. The molecule has 0 unspecified atom stereocenters. The third-order valence-corrected chi connectivity index (χ3v) is 2.45. The van der Waals surface area contributed by atoms with Crippen LogP contribution < -0.4 is 0 Å². The summed E-state index contributed by atoms with van der Waals surface area (Å²) >= 11 is 2.16. The summed E-state index contributed by atoms with van der Waals surface area (Å²) in [6, 6.07) is 1.90. The monoisotopic (exact) mass is 286 g/mol. The molecule has 0 amide bonds. The summed E-state index contributed by atoms with van der Waals surface area (Å²) in [5.41, 5.74) is 1.36. The predicted octanol–water partition coefficient (Wildman–Crippen LogP) is 2.25. The minimum absolute atomic E-state index is 0.225. The van der Waals surface area contributed by atoms with Crippen molar-refractivity contribution >= 4 is 33.5 Å². The van der Waals surface area contributed by atoms with Crippen LogP contribution in [0.5, 0.6) is 5.75 Å². The maximum atomic E-state index is 9.68. The molecule has 0 saturated heterocycles. The molecule has 1 N–H and O–H groups in total. The topological polar surface area (TPSA) is 46.0 Å². The van der Waals surface area contributed by atoms with E-state index in [-0.39, 0.29) is 5.75 Å². The molecule has 66 valence electrons. The Labute approximate surface area is 89.0 Å². The number of pyridine rings is 2. The van der Waals surface area contributed by atoms with E-state index in [0.717, 1.165) is 14.5 Å². The van der Waals surface area contributed by atoms with Gasteiger partial charge < -0.3 is 5.11 Å². The first-order valence-electron chi connectivity index (χ1n) is 3.78. The van der Waals surface area contributed by atoms with Crippen LogP contribution in [0.15, 0.2) is 18.5 Å². The summed E-state index contributed by atoms with van der Waals surface area (Å²) in [5, 5.41) is 10.4. The van der Waals surface area contributed by atoms with Gasteiger partial charge in [0.05, 0.1) is 17.4 Å². The number of hydrogen-bond acceptors (Lipinski definition) is 3. The lowest BCUT2D eigenvalue weighted by molar-refractivity contribution is 0.474. The molecule has 0 aliphatic rings. The molecule has 2 rings (SSSR count). The first kappa shape index (κ1) is 8.68. The standard InChI is InChI=1S/C9H7IN2O/c1-5-9(13)7-2-6(10)3-12-8(7)4-11-5/h2-4,13H,1H3. The maximum Gasteiger partial charge on any atom is 0.146 e. The molecule has 0 aliphatic carbocycles. The van der Waals surface area contributed by atoms with Crippen molar-refractivity contribution in [3.63, 3.8) is 0 Å². The van der Waals surface area contributed by atoms with Gasteiger partial charge in [-0.3, -0.25) is 9.97 Å². The van der Waals surface area contributed by atoms with Crippen LogP contribution >= 0.6 is 22.6 Å². The normalized spacial score (nSPS) is 10.6. The van der Waals surface area contributed by atoms with E-state index in [9.17, 15) is 5.11 Å². The molecule has 3 nitrogen and oxygen atoms in total. The molecule has 2 aromatic heterocycles. The van der Waals surface area contributed by atoms with E-state index in [2.05, 4.69) is 32.6 Å². The number of aromatic nitrogens is 2. The minimum Gasteiger partial charge on any atom is -0.505 e. The van der Waals surface area contributed by atoms with Crippen LogP contribution in [0, 0.1) is 10.5 Å². The summed E-state index contributed by atoms with van der Waals surface area (Å²) in [7, 11) is 0. The van der Waals surface area contributed by atoms with Gasteiger partial charge in [-0.25, -0.2) is 0 Å². The second-order valence-electron chi connectivity index (χ2n) is 2.78. The van der Waals surface area contributed by atoms with Crippen molar-refractivity contribution in [1.29, 1.82) is 0 Å². The fraction of sp³-hybridized carbons (Fsp3) is 0.111. The van der Waals surface area contributed by atoms with E-state index in [1.165, 1.54) is 0 Å². The molecule has 0 bridgehead atoms. The number of hydrogen-bond donors (Lipinski definition) is 1. The van der Waals surface area contributed by atoms with Crippen molar-refractivity contribution in [2.24, 2.45) is 0 Å². The predicted molar refractivity (Wildman–Crippen MR) is 58.7 cm³/mol. The van der Waals surface area contributed by atoms with E-state index in [4.69, 9.17) is 0 Å². The van der Waals surface area contributed by atoms with E-state index in [1.54, 1.807) is 19.3 Å². The zero-order valence-electron chi connectivity index (χ0n) is 6.95. The fourth-order valence-electron chi connectivity index (χ4n) is 1.16. The number of rotatable bonds is 0. The molecule has 2 heterocycles. The second kappa shape index (κ2) is 3.10. The van der Waals surface area contributed by atoms with Gasteiger partial charge in [0.25, 0.3) is 0 Å².